The number of cyclic esters (lactones) is 1. The maximum atomic E-state index is 13.2. The van der Waals surface area contributed by atoms with Crippen LogP contribution in [0.1, 0.15) is 70.8 Å². The summed E-state index contributed by atoms with van der Waals surface area (Å²) in [4.78, 5) is 37.6. The minimum Gasteiger partial charge on any atom is -0.463 e. The van der Waals surface area contributed by atoms with Gasteiger partial charge in [0.1, 0.15) is 24.9 Å². The van der Waals surface area contributed by atoms with Crippen molar-refractivity contribution in [2.24, 2.45) is 28.6 Å². The number of hydrogen-bond donors (Lipinski definition) is 0. The molecule has 0 aromatic heterocycles. The molecule has 7 atom stereocenters. The van der Waals surface area contributed by atoms with Crippen LogP contribution in [0.2, 0.25) is 0 Å². The number of benzene rings is 1. The number of carbonyl (C=O) groups is 3. The zero-order valence-corrected chi connectivity index (χ0v) is 23.4. The van der Waals surface area contributed by atoms with Crippen molar-refractivity contribution in [1.82, 2.24) is 0 Å². The van der Waals surface area contributed by atoms with Crippen molar-refractivity contribution >= 4 is 17.9 Å². The Morgan fingerprint density at radius 2 is 1.90 bits per heavy atom. The van der Waals surface area contributed by atoms with Crippen LogP contribution in [0.25, 0.3) is 0 Å². The highest BCUT2D eigenvalue weighted by Crippen LogP contribution is 2.72. The van der Waals surface area contributed by atoms with Gasteiger partial charge < -0.3 is 18.9 Å². The molecule has 1 aromatic rings. The summed E-state index contributed by atoms with van der Waals surface area (Å²) >= 11 is 0. The fraction of sp³-hybridized carbons (Fsp3) is 0.606. The Hall–Kier alpha value is -2.93. The third kappa shape index (κ3) is 3.69. The van der Waals surface area contributed by atoms with Gasteiger partial charge in [0.15, 0.2) is 0 Å². The van der Waals surface area contributed by atoms with Crippen molar-refractivity contribution in [3.63, 3.8) is 0 Å². The molecule has 1 spiro atoms. The molecule has 7 nitrogen and oxygen atoms in total. The lowest BCUT2D eigenvalue weighted by Gasteiger charge is -2.59. The van der Waals surface area contributed by atoms with E-state index < -0.39 is 11.9 Å². The van der Waals surface area contributed by atoms with Crippen molar-refractivity contribution in [2.75, 3.05) is 13.2 Å². The molecule has 4 aliphatic carbocycles. The highest BCUT2D eigenvalue weighted by atomic mass is 16.6. The fourth-order valence-corrected chi connectivity index (χ4v) is 9.74. The first-order valence-corrected chi connectivity index (χ1v) is 14.9. The quantitative estimate of drug-likeness (QED) is 0.216. The molecule has 2 aliphatic heterocycles. The van der Waals surface area contributed by atoms with E-state index in [2.05, 4.69) is 13.0 Å². The van der Waals surface area contributed by atoms with Gasteiger partial charge in [-0.15, -0.1) is 0 Å². The second-order valence-corrected chi connectivity index (χ2v) is 13.1. The van der Waals surface area contributed by atoms with Crippen molar-refractivity contribution in [1.29, 1.82) is 0 Å². The highest BCUT2D eigenvalue weighted by Gasteiger charge is 2.70. The van der Waals surface area contributed by atoms with Gasteiger partial charge in [0.25, 0.3) is 0 Å². The summed E-state index contributed by atoms with van der Waals surface area (Å²) in [6.45, 7) is 4.86. The zero-order valence-electron chi connectivity index (χ0n) is 23.4. The van der Waals surface area contributed by atoms with Gasteiger partial charge in [-0.1, -0.05) is 43.3 Å². The highest BCUT2D eigenvalue weighted by molar-refractivity contribution is 6.16. The zero-order chi connectivity index (χ0) is 27.7. The Kier molecular flexibility index (Phi) is 6.04. The summed E-state index contributed by atoms with van der Waals surface area (Å²) in [7, 11) is 0. The van der Waals surface area contributed by atoms with Gasteiger partial charge >= 0.3 is 17.9 Å². The monoisotopic (exact) mass is 546 g/mol. The molecule has 7 rings (SSSR count). The van der Waals surface area contributed by atoms with Crippen molar-refractivity contribution in [3.8, 4) is 0 Å². The van der Waals surface area contributed by atoms with Gasteiger partial charge in [-0.2, -0.15) is 0 Å². The Bertz CT molecular complexity index is 1310. The molecule has 2 bridgehead atoms. The lowest BCUT2D eigenvalue weighted by molar-refractivity contribution is -0.153. The van der Waals surface area contributed by atoms with Crippen LogP contribution in [-0.2, 0) is 39.9 Å². The molecule has 40 heavy (non-hydrogen) atoms. The predicted molar refractivity (Wildman–Crippen MR) is 144 cm³/mol. The largest absolute Gasteiger partial charge is 0.463 e. The van der Waals surface area contributed by atoms with Crippen molar-refractivity contribution < 1.29 is 33.3 Å². The minimum absolute atomic E-state index is 0.0149. The topological polar surface area (TPSA) is 88.1 Å². The lowest BCUT2D eigenvalue weighted by atomic mass is 9.45. The second-order valence-electron chi connectivity index (χ2n) is 13.1. The average Bonchev–Trinajstić information content (AvgIpc) is 3.56. The van der Waals surface area contributed by atoms with Crippen LogP contribution in [0.4, 0.5) is 0 Å². The van der Waals surface area contributed by atoms with E-state index in [9.17, 15) is 14.4 Å². The van der Waals surface area contributed by atoms with E-state index in [1.165, 1.54) is 12.5 Å². The van der Waals surface area contributed by atoms with E-state index in [0.717, 1.165) is 69.1 Å². The van der Waals surface area contributed by atoms with E-state index in [0.29, 0.717) is 11.8 Å². The Morgan fingerprint density at radius 1 is 1.07 bits per heavy atom. The summed E-state index contributed by atoms with van der Waals surface area (Å²) in [5.41, 5.74) is 2.81. The molecule has 212 valence electrons. The molecule has 0 unspecified atom stereocenters. The molecule has 6 aliphatic rings. The SMILES string of the molecule is CC(=O)O[C@H]1CC[C@@]23CO[C@]4(CC[C@H]2C1)C1=CC[C@H](C2=C(C(=O)OCc5ccccc5)C(=O)OC2)[C@@]1(C)CC[C@H]34. The second kappa shape index (κ2) is 9.30. The van der Waals surface area contributed by atoms with Gasteiger partial charge in [-0.25, -0.2) is 9.59 Å². The fourth-order valence-electron chi connectivity index (χ4n) is 9.74. The molecule has 7 heteroatoms. The van der Waals surface area contributed by atoms with Crippen LogP contribution in [0.5, 0.6) is 0 Å². The molecule has 1 saturated heterocycles. The average molecular weight is 547 g/mol. The molecule has 2 heterocycles. The van der Waals surface area contributed by atoms with Crippen LogP contribution in [0.15, 0.2) is 53.1 Å². The van der Waals surface area contributed by atoms with Crippen LogP contribution >= 0.6 is 0 Å². The molecule has 4 fully saturated rings. The van der Waals surface area contributed by atoms with E-state index in [1.54, 1.807) is 0 Å². The summed E-state index contributed by atoms with van der Waals surface area (Å²) < 4.78 is 23.6. The van der Waals surface area contributed by atoms with Gasteiger partial charge in [0.05, 0.1) is 12.2 Å². The molecule has 0 amide bonds. The number of esters is 3. The third-order valence-corrected chi connectivity index (χ3v) is 11.4. The van der Waals surface area contributed by atoms with Crippen molar-refractivity contribution in [3.05, 3.63) is 58.7 Å². The molecular weight excluding hydrogens is 508 g/mol. The smallest absolute Gasteiger partial charge is 0.346 e. The molecule has 3 saturated carbocycles. The van der Waals surface area contributed by atoms with Gasteiger partial charge in [-0.3, -0.25) is 4.79 Å². The van der Waals surface area contributed by atoms with E-state index in [4.69, 9.17) is 18.9 Å². The van der Waals surface area contributed by atoms with Gasteiger partial charge in [-0.05, 0) is 91.2 Å². The minimum atomic E-state index is -0.591. The first kappa shape index (κ1) is 26.0. The predicted octanol–water partition coefficient (Wildman–Crippen LogP) is 5.23. The van der Waals surface area contributed by atoms with Crippen molar-refractivity contribution in [2.45, 2.75) is 83.5 Å². The van der Waals surface area contributed by atoms with Crippen LogP contribution in [-0.4, -0.2) is 42.8 Å². The summed E-state index contributed by atoms with van der Waals surface area (Å²) in [6.07, 6.45) is 10.2. The maximum Gasteiger partial charge on any atom is 0.346 e. The van der Waals surface area contributed by atoms with E-state index in [-0.39, 0.29) is 53.2 Å². The van der Waals surface area contributed by atoms with E-state index >= 15 is 0 Å². The van der Waals surface area contributed by atoms with Gasteiger partial charge in [0, 0.05) is 12.3 Å². The number of carbonyl (C=O) groups excluding carboxylic acids is 3. The Labute approximate surface area is 235 Å². The first-order chi connectivity index (χ1) is 19.3. The lowest BCUT2D eigenvalue weighted by Crippen LogP contribution is -2.57. The maximum absolute atomic E-state index is 13.2. The summed E-state index contributed by atoms with van der Waals surface area (Å²) in [6, 6.07) is 9.50. The Morgan fingerprint density at radius 3 is 2.70 bits per heavy atom. The normalized spacial score (nSPS) is 39.5. The van der Waals surface area contributed by atoms with E-state index in [1.807, 2.05) is 30.3 Å². The standard InChI is InChI=1S/C33H38O7/c1-20(34)40-23-11-14-32-19-39-33(15-10-22(32)16-23)26-9-8-25(31(26,2)13-12-27(32)33)24-18-38-30(36)28(24)29(35)37-17-21-6-4-3-5-7-21/h3-7,9,22-23,25,27H,8,10-19H2,1-2H3/t22-,23-,25+,27+,31+,32+,33+/m0/s1. The Balaban J connectivity index is 1.14. The summed E-state index contributed by atoms with van der Waals surface area (Å²) in [5.74, 6) is -0.356. The van der Waals surface area contributed by atoms with Crippen LogP contribution < -0.4 is 0 Å². The number of fused-ring (bicyclic) bond motifs is 1. The molecule has 1 aromatic carbocycles. The number of ether oxygens (including phenoxy) is 4. The van der Waals surface area contributed by atoms with Crippen LogP contribution in [0, 0.1) is 28.6 Å². The molecular formula is C33H38O7. The molecule has 0 radical (unpaired) electrons. The number of allylic oxidation sites excluding steroid dienone is 1. The van der Waals surface area contributed by atoms with Crippen LogP contribution in [0.3, 0.4) is 0 Å². The first-order valence-electron chi connectivity index (χ1n) is 14.9. The third-order valence-electron chi connectivity index (χ3n) is 11.4. The number of rotatable bonds is 5. The number of hydrogen-bond acceptors (Lipinski definition) is 7. The molecule has 0 N–H and O–H groups in total. The summed E-state index contributed by atoms with van der Waals surface area (Å²) in [5, 5.41) is 0. The van der Waals surface area contributed by atoms with Gasteiger partial charge in [0.2, 0.25) is 0 Å².